The number of benzene rings is 1. The van der Waals surface area contributed by atoms with Gasteiger partial charge in [0.15, 0.2) is 0 Å². The van der Waals surface area contributed by atoms with Crippen LogP contribution in [-0.4, -0.2) is 41.9 Å². The molecule has 2 amide bonds. The highest BCUT2D eigenvalue weighted by molar-refractivity contribution is 5.68. The average molecular weight is 349 g/mol. The number of ether oxygens (including phenoxy) is 2. The van der Waals surface area contributed by atoms with Gasteiger partial charge in [-0.15, -0.1) is 0 Å². The van der Waals surface area contributed by atoms with Gasteiger partial charge in [0.2, 0.25) is 0 Å². The van der Waals surface area contributed by atoms with Gasteiger partial charge in [0.1, 0.15) is 12.2 Å². The Kier molecular flexibility index (Phi) is 6.64. The minimum absolute atomic E-state index is 0.0713. The molecule has 0 bridgehead atoms. The average Bonchev–Trinajstić information content (AvgIpc) is 2.52. The summed E-state index contributed by atoms with van der Waals surface area (Å²) in [6.45, 7) is 6.92. The van der Waals surface area contributed by atoms with Crippen molar-refractivity contribution in [3.8, 4) is 0 Å². The van der Waals surface area contributed by atoms with Crippen molar-refractivity contribution in [2.45, 2.75) is 51.9 Å². The Morgan fingerprint density at radius 2 is 1.92 bits per heavy atom. The summed E-state index contributed by atoms with van der Waals surface area (Å²) in [4.78, 5) is 23.8. The quantitative estimate of drug-likeness (QED) is 0.874. The Bertz CT molecular complexity index is 571. The summed E-state index contributed by atoms with van der Waals surface area (Å²) >= 11 is 0. The van der Waals surface area contributed by atoms with Crippen LogP contribution in [0.1, 0.15) is 39.2 Å². The maximum atomic E-state index is 11.9. The van der Waals surface area contributed by atoms with Crippen molar-refractivity contribution >= 4 is 12.2 Å². The third kappa shape index (κ3) is 7.43. The van der Waals surface area contributed by atoms with E-state index in [1.54, 1.807) is 5.01 Å². The largest absolute Gasteiger partial charge is 0.444 e. The summed E-state index contributed by atoms with van der Waals surface area (Å²) in [5.74, 6) is 0. The van der Waals surface area contributed by atoms with Crippen LogP contribution in [0, 0.1) is 0 Å². The molecule has 2 rings (SSSR count). The van der Waals surface area contributed by atoms with E-state index in [-0.39, 0.29) is 12.6 Å². The molecule has 7 heteroatoms. The zero-order valence-corrected chi connectivity index (χ0v) is 15.1. The lowest BCUT2D eigenvalue weighted by Crippen LogP contribution is -2.54. The summed E-state index contributed by atoms with van der Waals surface area (Å²) in [7, 11) is 0. The van der Waals surface area contributed by atoms with Gasteiger partial charge in [-0.2, -0.15) is 0 Å². The Hall–Kier alpha value is -2.28. The van der Waals surface area contributed by atoms with E-state index < -0.39 is 17.8 Å². The molecule has 2 N–H and O–H groups in total. The molecule has 1 saturated heterocycles. The number of rotatable bonds is 4. The highest BCUT2D eigenvalue weighted by Crippen LogP contribution is 2.11. The summed E-state index contributed by atoms with van der Waals surface area (Å²) in [5.41, 5.74) is 3.12. The normalized spacial score (nSPS) is 18.3. The van der Waals surface area contributed by atoms with Crippen molar-refractivity contribution < 1.29 is 19.1 Å². The lowest BCUT2D eigenvalue weighted by Gasteiger charge is -2.33. The van der Waals surface area contributed by atoms with Crippen molar-refractivity contribution in [3.05, 3.63) is 35.9 Å². The second-order valence-electron chi connectivity index (χ2n) is 7.10. The van der Waals surface area contributed by atoms with Crippen molar-refractivity contribution in [3.63, 3.8) is 0 Å². The molecule has 0 aromatic heterocycles. The molecule has 1 aromatic carbocycles. The second kappa shape index (κ2) is 8.71. The lowest BCUT2D eigenvalue weighted by atomic mass is 10.1. The minimum Gasteiger partial charge on any atom is -0.444 e. The molecule has 1 aromatic rings. The van der Waals surface area contributed by atoms with Gasteiger partial charge in [0, 0.05) is 19.1 Å². The van der Waals surface area contributed by atoms with E-state index in [1.807, 2.05) is 51.1 Å². The fraction of sp³-hybridized carbons (Fsp3) is 0.556. The van der Waals surface area contributed by atoms with E-state index in [0.717, 1.165) is 18.4 Å². The van der Waals surface area contributed by atoms with Crippen molar-refractivity contribution in [1.82, 2.24) is 15.8 Å². The third-order valence-corrected chi connectivity index (χ3v) is 3.60. The molecule has 1 atom stereocenters. The van der Waals surface area contributed by atoms with Gasteiger partial charge in [0.25, 0.3) is 0 Å². The molecule has 0 radical (unpaired) electrons. The van der Waals surface area contributed by atoms with Gasteiger partial charge >= 0.3 is 12.2 Å². The van der Waals surface area contributed by atoms with Gasteiger partial charge in [-0.3, -0.25) is 5.43 Å². The van der Waals surface area contributed by atoms with E-state index in [1.165, 1.54) is 0 Å². The molecular weight excluding hydrogens is 322 g/mol. The van der Waals surface area contributed by atoms with E-state index in [4.69, 9.17) is 9.47 Å². The van der Waals surface area contributed by atoms with Gasteiger partial charge in [0.05, 0.1) is 0 Å². The Labute approximate surface area is 148 Å². The Balaban J connectivity index is 1.73. The molecule has 1 fully saturated rings. The third-order valence-electron chi connectivity index (χ3n) is 3.60. The first-order chi connectivity index (χ1) is 11.8. The Morgan fingerprint density at radius 3 is 2.60 bits per heavy atom. The van der Waals surface area contributed by atoms with Crippen LogP contribution in [0.25, 0.3) is 0 Å². The number of nitrogens with one attached hydrogen (secondary N) is 2. The number of hydrogen-bond donors (Lipinski definition) is 2. The standard InChI is InChI=1S/C18H27N3O4/c1-18(2,3)25-16(22)19-15-10-7-11-21(12-15)20-17(23)24-13-14-8-5-4-6-9-14/h4-6,8-9,15H,7,10-13H2,1-3H3,(H,19,22)(H,20,23)/t15-/m1/s1. The summed E-state index contributed by atoms with van der Waals surface area (Å²) < 4.78 is 10.5. The number of carbonyl (C=O) groups is 2. The van der Waals surface area contributed by atoms with Crippen LogP contribution in [0.3, 0.4) is 0 Å². The van der Waals surface area contributed by atoms with Gasteiger partial charge < -0.3 is 14.8 Å². The maximum Gasteiger partial charge on any atom is 0.422 e. The van der Waals surface area contributed by atoms with Gasteiger partial charge in [-0.05, 0) is 39.2 Å². The fourth-order valence-corrected chi connectivity index (χ4v) is 2.56. The van der Waals surface area contributed by atoms with Crippen LogP contribution >= 0.6 is 0 Å². The number of hydrazine groups is 1. The molecule has 1 heterocycles. The molecule has 1 aliphatic rings. The topological polar surface area (TPSA) is 79.9 Å². The minimum atomic E-state index is -0.530. The fourth-order valence-electron chi connectivity index (χ4n) is 2.56. The Morgan fingerprint density at radius 1 is 1.20 bits per heavy atom. The number of hydrogen-bond acceptors (Lipinski definition) is 5. The van der Waals surface area contributed by atoms with Crippen molar-refractivity contribution in [2.75, 3.05) is 13.1 Å². The van der Waals surface area contributed by atoms with Crippen LogP contribution in [0.4, 0.5) is 9.59 Å². The summed E-state index contributed by atoms with van der Waals surface area (Å²) in [5, 5.41) is 4.60. The molecule has 0 unspecified atom stereocenters. The molecule has 0 aliphatic carbocycles. The predicted molar refractivity (Wildman–Crippen MR) is 93.7 cm³/mol. The van der Waals surface area contributed by atoms with Gasteiger partial charge in [-0.25, -0.2) is 14.6 Å². The first-order valence-corrected chi connectivity index (χ1v) is 8.53. The molecular formula is C18H27N3O4. The summed E-state index contributed by atoms with van der Waals surface area (Å²) in [6.07, 6.45) is 0.767. The van der Waals surface area contributed by atoms with Crippen molar-refractivity contribution in [1.29, 1.82) is 0 Å². The highest BCUT2D eigenvalue weighted by Gasteiger charge is 2.25. The monoisotopic (exact) mass is 349 g/mol. The zero-order chi connectivity index (χ0) is 18.3. The number of alkyl carbamates (subject to hydrolysis) is 1. The lowest BCUT2D eigenvalue weighted by molar-refractivity contribution is 0.0440. The smallest absolute Gasteiger partial charge is 0.422 e. The van der Waals surface area contributed by atoms with E-state index in [0.29, 0.717) is 13.1 Å². The highest BCUT2D eigenvalue weighted by atomic mass is 16.6. The predicted octanol–water partition coefficient (Wildman–Crippen LogP) is 2.82. The van der Waals surface area contributed by atoms with E-state index in [9.17, 15) is 9.59 Å². The maximum absolute atomic E-state index is 11.9. The molecule has 138 valence electrons. The van der Waals surface area contributed by atoms with Crippen LogP contribution in [-0.2, 0) is 16.1 Å². The van der Waals surface area contributed by atoms with E-state index in [2.05, 4.69) is 10.7 Å². The van der Waals surface area contributed by atoms with Crippen LogP contribution < -0.4 is 10.7 Å². The molecule has 25 heavy (non-hydrogen) atoms. The van der Waals surface area contributed by atoms with Crippen molar-refractivity contribution in [2.24, 2.45) is 0 Å². The number of carbonyl (C=O) groups excluding carboxylic acids is 2. The molecule has 1 aliphatic heterocycles. The van der Waals surface area contributed by atoms with Crippen LogP contribution in [0.2, 0.25) is 0 Å². The second-order valence-corrected chi connectivity index (χ2v) is 7.10. The molecule has 0 spiro atoms. The molecule has 0 saturated carbocycles. The zero-order valence-electron chi connectivity index (χ0n) is 15.1. The molecule has 7 nitrogen and oxygen atoms in total. The van der Waals surface area contributed by atoms with Gasteiger partial charge in [-0.1, -0.05) is 30.3 Å². The SMILES string of the molecule is CC(C)(C)OC(=O)N[C@@H]1CCCN(NC(=O)OCc2ccccc2)C1. The first-order valence-electron chi connectivity index (χ1n) is 8.53. The van der Waals surface area contributed by atoms with E-state index >= 15 is 0 Å². The number of nitrogens with zero attached hydrogens (tertiary/aromatic N) is 1. The number of amides is 2. The summed E-state index contributed by atoms with van der Waals surface area (Å²) in [6, 6.07) is 9.43. The van der Waals surface area contributed by atoms with Crippen LogP contribution in [0.15, 0.2) is 30.3 Å². The first kappa shape index (κ1) is 19.1. The number of piperidine rings is 1. The van der Waals surface area contributed by atoms with Crippen LogP contribution in [0.5, 0.6) is 0 Å².